The lowest BCUT2D eigenvalue weighted by molar-refractivity contribution is -0.133. The second kappa shape index (κ2) is 6.61. The number of hydrogen-bond acceptors (Lipinski definition) is 2. The highest BCUT2D eigenvalue weighted by molar-refractivity contribution is 5.77. The lowest BCUT2D eigenvalue weighted by Gasteiger charge is -2.34. The number of carbonyl (C=O) groups is 1. The summed E-state index contributed by atoms with van der Waals surface area (Å²) in [4.78, 5) is 14.3. The molecule has 1 aliphatic heterocycles. The normalized spacial score (nSPS) is 19.6. The molecular formula is C18H28N2O. The predicted octanol–water partition coefficient (Wildman–Crippen LogP) is 2.74. The van der Waals surface area contributed by atoms with Crippen LogP contribution in [0.4, 0.5) is 0 Å². The molecule has 0 saturated carbocycles. The van der Waals surface area contributed by atoms with Crippen molar-refractivity contribution in [3.8, 4) is 0 Å². The summed E-state index contributed by atoms with van der Waals surface area (Å²) in [6.07, 6.45) is 1.44. The average Bonchev–Trinajstić information content (AvgIpc) is 2.45. The Morgan fingerprint density at radius 2 is 1.95 bits per heavy atom. The molecule has 21 heavy (non-hydrogen) atoms. The Morgan fingerprint density at radius 3 is 2.52 bits per heavy atom. The van der Waals surface area contributed by atoms with Gasteiger partial charge in [-0.2, -0.15) is 0 Å². The molecule has 1 aromatic rings. The van der Waals surface area contributed by atoms with Crippen LogP contribution in [0.3, 0.4) is 0 Å². The Labute approximate surface area is 128 Å². The molecule has 0 radical (unpaired) electrons. The van der Waals surface area contributed by atoms with Gasteiger partial charge in [-0.15, -0.1) is 0 Å². The van der Waals surface area contributed by atoms with E-state index in [1.165, 1.54) is 11.1 Å². The van der Waals surface area contributed by atoms with Gasteiger partial charge in [-0.05, 0) is 29.9 Å². The van der Waals surface area contributed by atoms with Gasteiger partial charge in [0.15, 0.2) is 0 Å². The molecule has 1 fully saturated rings. The molecule has 3 nitrogen and oxygen atoms in total. The maximum atomic E-state index is 12.3. The highest BCUT2D eigenvalue weighted by atomic mass is 16.2. The van der Waals surface area contributed by atoms with Gasteiger partial charge in [0.1, 0.15) is 0 Å². The van der Waals surface area contributed by atoms with Gasteiger partial charge in [0.25, 0.3) is 0 Å². The van der Waals surface area contributed by atoms with E-state index in [2.05, 4.69) is 57.3 Å². The first-order valence-electron chi connectivity index (χ1n) is 7.97. The number of nitrogens with zero attached hydrogens (tertiary/aromatic N) is 1. The minimum Gasteiger partial charge on any atom is -0.337 e. The summed E-state index contributed by atoms with van der Waals surface area (Å²) >= 11 is 0. The maximum Gasteiger partial charge on any atom is 0.223 e. The van der Waals surface area contributed by atoms with E-state index >= 15 is 0 Å². The Bertz CT molecular complexity index is 473. The number of hydrogen-bond donors (Lipinski definition) is 1. The molecule has 0 bridgehead atoms. The molecule has 0 aliphatic carbocycles. The fourth-order valence-corrected chi connectivity index (χ4v) is 2.78. The summed E-state index contributed by atoms with van der Waals surface area (Å²) in [6.45, 7) is 11.4. The van der Waals surface area contributed by atoms with Crippen molar-refractivity contribution in [1.29, 1.82) is 0 Å². The van der Waals surface area contributed by atoms with E-state index < -0.39 is 0 Å². The van der Waals surface area contributed by atoms with E-state index in [1.54, 1.807) is 0 Å². The zero-order valence-corrected chi connectivity index (χ0v) is 13.8. The molecule has 1 saturated heterocycles. The van der Waals surface area contributed by atoms with Crippen molar-refractivity contribution in [1.82, 2.24) is 10.2 Å². The molecule has 1 atom stereocenters. The van der Waals surface area contributed by atoms with Gasteiger partial charge >= 0.3 is 0 Å². The second-order valence-electron chi connectivity index (χ2n) is 7.09. The van der Waals surface area contributed by atoms with Crippen LogP contribution in [0.25, 0.3) is 0 Å². The van der Waals surface area contributed by atoms with Gasteiger partial charge in [-0.1, -0.05) is 45.0 Å². The lowest BCUT2D eigenvalue weighted by atomic mass is 9.86. The second-order valence-corrected chi connectivity index (χ2v) is 7.09. The summed E-state index contributed by atoms with van der Waals surface area (Å²) < 4.78 is 0. The van der Waals surface area contributed by atoms with Crippen molar-refractivity contribution < 1.29 is 4.79 Å². The summed E-state index contributed by atoms with van der Waals surface area (Å²) in [5.41, 5.74) is 2.78. The van der Waals surface area contributed by atoms with Gasteiger partial charge in [-0.25, -0.2) is 0 Å². The van der Waals surface area contributed by atoms with Gasteiger partial charge in [0.2, 0.25) is 5.91 Å². The van der Waals surface area contributed by atoms with Gasteiger partial charge in [0, 0.05) is 32.1 Å². The van der Waals surface area contributed by atoms with Crippen molar-refractivity contribution >= 4 is 5.91 Å². The molecule has 1 heterocycles. The summed E-state index contributed by atoms with van der Waals surface area (Å²) in [5, 5.41) is 3.32. The van der Waals surface area contributed by atoms with Crippen molar-refractivity contribution in [2.24, 2.45) is 0 Å². The molecule has 116 valence electrons. The van der Waals surface area contributed by atoms with Gasteiger partial charge < -0.3 is 10.2 Å². The number of rotatable bonds is 3. The number of carbonyl (C=O) groups excluding carboxylic acids is 1. The van der Waals surface area contributed by atoms with E-state index in [0.29, 0.717) is 12.5 Å². The minimum atomic E-state index is 0.185. The number of benzene rings is 1. The van der Waals surface area contributed by atoms with Crippen LogP contribution in [0.1, 0.15) is 45.2 Å². The summed E-state index contributed by atoms with van der Waals surface area (Å²) in [6, 6.07) is 9.01. The maximum absolute atomic E-state index is 12.3. The van der Waals surface area contributed by atoms with Crippen LogP contribution >= 0.6 is 0 Å². The molecule has 1 aliphatic rings. The Kier molecular flexibility index (Phi) is 5.04. The highest BCUT2D eigenvalue weighted by Crippen LogP contribution is 2.22. The van der Waals surface area contributed by atoms with E-state index in [1.807, 2.05) is 4.90 Å². The lowest BCUT2D eigenvalue weighted by Crippen LogP contribution is -2.52. The third-order valence-electron chi connectivity index (χ3n) is 4.27. The van der Waals surface area contributed by atoms with Gasteiger partial charge in [-0.3, -0.25) is 4.79 Å². The molecule has 1 unspecified atom stereocenters. The van der Waals surface area contributed by atoms with Crippen LogP contribution in [0, 0.1) is 0 Å². The predicted molar refractivity (Wildman–Crippen MR) is 87.5 cm³/mol. The standard InChI is InChI=1S/C18H28N2O/c1-14-13-19-11-12-20(14)17(21)10-7-15-5-8-16(9-6-15)18(2,3)4/h5-6,8-9,14,19H,7,10-13H2,1-4H3. The first kappa shape index (κ1) is 16.0. The molecule has 1 N–H and O–H groups in total. The van der Waals surface area contributed by atoms with E-state index in [9.17, 15) is 4.79 Å². The molecule has 0 aromatic heterocycles. The van der Waals surface area contributed by atoms with Crippen LogP contribution in [0.2, 0.25) is 0 Å². The fourth-order valence-electron chi connectivity index (χ4n) is 2.78. The Morgan fingerprint density at radius 1 is 1.29 bits per heavy atom. The molecule has 1 aromatic carbocycles. The van der Waals surface area contributed by atoms with Crippen LogP contribution in [0.5, 0.6) is 0 Å². The number of nitrogens with one attached hydrogen (secondary N) is 1. The summed E-state index contributed by atoms with van der Waals surface area (Å²) in [7, 11) is 0. The molecule has 3 heteroatoms. The Balaban J connectivity index is 1.89. The third-order valence-corrected chi connectivity index (χ3v) is 4.27. The smallest absolute Gasteiger partial charge is 0.223 e. The van der Waals surface area contributed by atoms with Crippen molar-refractivity contribution in [3.63, 3.8) is 0 Å². The monoisotopic (exact) mass is 288 g/mol. The van der Waals surface area contributed by atoms with E-state index in [-0.39, 0.29) is 11.3 Å². The van der Waals surface area contributed by atoms with Crippen LogP contribution in [-0.4, -0.2) is 36.5 Å². The van der Waals surface area contributed by atoms with E-state index in [4.69, 9.17) is 0 Å². The molecule has 1 amide bonds. The molecular weight excluding hydrogens is 260 g/mol. The first-order valence-corrected chi connectivity index (χ1v) is 7.97. The van der Waals surface area contributed by atoms with Crippen LogP contribution < -0.4 is 5.32 Å². The first-order chi connectivity index (χ1) is 9.88. The van der Waals surface area contributed by atoms with Crippen molar-refractivity contribution in [3.05, 3.63) is 35.4 Å². The van der Waals surface area contributed by atoms with Crippen LogP contribution in [-0.2, 0) is 16.6 Å². The number of piperazine rings is 1. The zero-order valence-electron chi connectivity index (χ0n) is 13.8. The zero-order chi connectivity index (χ0) is 15.5. The minimum absolute atomic E-state index is 0.185. The van der Waals surface area contributed by atoms with Crippen molar-refractivity contribution in [2.45, 2.75) is 52.0 Å². The topological polar surface area (TPSA) is 32.3 Å². The fraction of sp³-hybridized carbons (Fsp3) is 0.611. The molecule has 0 spiro atoms. The molecule has 2 rings (SSSR count). The third kappa shape index (κ3) is 4.31. The van der Waals surface area contributed by atoms with E-state index in [0.717, 1.165) is 26.1 Å². The van der Waals surface area contributed by atoms with Crippen molar-refractivity contribution in [2.75, 3.05) is 19.6 Å². The highest BCUT2D eigenvalue weighted by Gasteiger charge is 2.22. The van der Waals surface area contributed by atoms with Crippen LogP contribution in [0.15, 0.2) is 24.3 Å². The largest absolute Gasteiger partial charge is 0.337 e. The quantitative estimate of drug-likeness (QED) is 0.927. The number of amides is 1. The van der Waals surface area contributed by atoms with Gasteiger partial charge in [0.05, 0.1) is 0 Å². The number of aryl methyl sites for hydroxylation is 1. The Hall–Kier alpha value is -1.35. The average molecular weight is 288 g/mol. The SMILES string of the molecule is CC1CNCCN1C(=O)CCc1ccc(C(C)(C)C)cc1. The summed E-state index contributed by atoms with van der Waals surface area (Å²) in [5.74, 6) is 0.281.